The van der Waals surface area contributed by atoms with E-state index in [2.05, 4.69) is 11.4 Å². The molecule has 0 radical (unpaired) electrons. The molecule has 0 amide bonds. The smallest absolute Gasteiger partial charge is 0.162 e. The number of fused-ring (bicyclic) bond motifs is 1. The van der Waals surface area contributed by atoms with Crippen molar-refractivity contribution in [1.29, 1.82) is 5.26 Å². The van der Waals surface area contributed by atoms with Crippen molar-refractivity contribution in [2.75, 3.05) is 11.9 Å². The van der Waals surface area contributed by atoms with Gasteiger partial charge < -0.3 is 10.1 Å². The summed E-state index contributed by atoms with van der Waals surface area (Å²) in [5, 5.41) is 13.2. The molecule has 0 fully saturated rings. The zero-order chi connectivity index (χ0) is 14.1. The van der Waals surface area contributed by atoms with Gasteiger partial charge in [-0.2, -0.15) is 5.26 Å². The molecule has 1 atom stereocenters. The highest BCUT2D eigenvalue weighted by Gasteiger charge is 2.23. The highest BCUT2D eigenvalue weighted by molar-refractivity contribution is 6.36. The molecule has 0 spiro atoms. The lowest BCUT2D eigenvalue weighted by molar-refractivity contribution is 0.210. The molecular formula is C15H10Cl2N2O. The monoisotopic (exact) mass is 304 g/mol. The summed E-state index contributed by atoms with van der Waals surface area (Å²) in [6.45, 7) is 0.596. The maximum atomic E-state index is 8.95. The summed E-state index contributed by atoms with van der Waals surface area (Å²) in [4.78, 5) is 0. The van der Waals surface area contributed by atoms with Crippen LogP contribution in [0.2, 0.25) is 10.0 Å². The van der Waals surface area contributed by atoms with Gasteiger partial charge in [-0.1, -0.05) is 35.3 Å². The van der Waals surface area contributed by atoms with Crippen molar-refractivity contribution in [3.05, 3.63) is 57.6 Å². The third-order valence-corrected chi connectivity index (χ3v) is 3.63. The first-order chi connectivity index (χ1) is 9.67. The van der Waals surface area contributed by atoms with E-state index >= 15 is 0 Å². The predicted octanol–water partition coefficient (Wildman–Crippen LogP) is 4.41. The van der Waals surface area contributed by atoms with Gasteiger partial charge in [0.05, 0.1) is 28.9 Å². The molecule has 0 saturated carbocycles. The molecule has 0 aliphatic carbocycles. The fourth-order valence-corrected chi connectivity index (χ4v) is 2.73. The van der Waals surface area contributed by atoms with E-state index in [-0.39, 0.29) is 6.10 Å². The lowest BCUT2D eigenvalue weighted by Crippen LogP contribution is -2.23. The highest BCUT2D eigenvalue weighted by atomic mass is 35.5. The van der Waals surface area contributed by atoms with Crippen molar-refractivity contribution in [2.24, 2.45) is 0 Å². The van der Waals surface area contributed by atoms with Crippen molar-refractivity contribution in [2.45, 2.75) is 6.10 Å². The fraction of sp³-hybridized carbons (Fsp3) is 0.133. The summed E-state index contributed by atoms with van der Waals surface area (Å²) in [6.07, 6.45) is -0.186. The molecule has 20 heavy (non-hydrogen) atoms. The van der Waals surface area contributed by atoms with Gasteiger partial charge in [0.1, 0.15) is 6.10 Å². The van der Waals surface area contributed by atoms with Crippen LogP contribution in [-0.2, 0) is 0 Å². The molecule has 0 saturated heterocycles. The molecule has 3 rings (SSSR count). The molecule has 5 heteroatoms. The molecule has 100 valence electrons. The van der Waals surface area contributed by atoms with Crippen molar-refractivity contribution >= 4 is 28.9 Å². The molecule has 1 aliphatic rings. The minimum atomic E-state index is -0.186. The first kappa shape index (κ1) is 13.1. The van der Waals surface area contributed by atoms with E-state index in [0.29, 0.717) is 27.9 Å². The van der Waals surface area contributed by atoms with E-state index in [1.807, 2.05) is 18.2 Å². The van der Waals surface area contributed by atoms with E-state index in [1.54, 1.807) is 18.2 Å². The predicted molar refractivity (Wildman–Crippen MR) is 79.5 cm³/mol. The van der Waals surface area contributed by atoms with Crippen molar-refractivity contribution < 1.29 is 4.74 Å². The van der Waals surface area contributed by atoms with Gasteiger partial charge in [-0.3, -0.25) is 0 Å². The topological polar surface area (TPSA) is 45.0 Å². The minimum absolute atomic E-state index is 0.186. The maximum absolute atomic E-state index is 8.95. The van der Waals surface area contributed by atoms with Gasteiger partial charge >= 0.3 is 0 Å². The van der Waals surface area contributed by atoms with Crippen LogP contribution in [-0.4, -0.2) is 6.54 Å². The van der Waals surface area contributed by atoms with Crippen LogP contribution in [0.1, 0.15) is 17.2 Å². The first-order valence-corrected chi connectivity index (χ1v) is 6.82. The molecule has 1 unspecified atom stereocenters. The van der Waals surface area contributed by atoms with E-state index in [1.165, 1.54) is 0 Å². The number of benzene rings is 2. The summed E-state index contributed by atoms with van der Waals surface area (Å²) in [6, 6.07) is 12.9. The van der Waals surface area contributed by atoms with Crippen LogP contribution in [0, 0.1) is 11.3 Å². The average molecular weight is 305 g/mol. The van der Waals surface area contributed by atoms with Gasteiger partial charge in [-0.05, 0) is 29.8 Å². The van der Waals surface area contributed by atoms with Crippen LogP contribution < -0.4 is 10.1 Å². The van der Waals surface area contributed by atoms with Gasteiger partial charge in [-0.15, -0.1) is 0 Å². The maximum Gasteiger partial charge on any atom is 0.162 e. The highest BCUT2D eigenvalue weighted by Crippen LogP contribution is 2.41. The zero-order valence-corrected chi connectivity index (χ0v) is 11.9. The Labute approximate surface area is 126 Å². The summed E-state index contributed by atoms with van der Waals surface area (Å²) in [7, 11) is 0. The number of nitrogens with zero attached hydrogens (tertiary/aromatic N) is 1. The lowest BCUT2D eigenvalue weighted by atomic mass is 10.0. The van der Waals surface area contributed by atoms with Crippen LogP contribution in [0.25, 0.3) is 0 Å². The molecule has 3 nitrogen and oxygen atoms in total. The van der Waals surface area contributed by atoms with Crippen LogP contribution in [0.15, 0.2) is 36.4 Å². The summed E-state index contributed by atoms with van der Waals surface area (Å²) in [5.74, 6) is 0.592. The number of rotatable bonds is 1. The Hall–Kier alpha value is -1.89. The minimum Gasteiger partial charge on any atom is -0.480 e. The standard InChI is InChI=1S/C15H10Cl2N2O/c16-11-5-12(17)15-13(6-11)19-8-14(20-15)10-3-1-2-9(4-10)7-18/h1-6,14,19H,8H2. The van der Waals surface area contributed by atoms with Gasteiger partial charge in [0.2, 0.25) is 0 Å². The summed E-state index contributed by atoms with van der Waals surface area (Å²) in [5.41, 5.74) is 2.34. The number of halogens is 2. The number of hydrogen-bond donors (Lipinski definition) is 1. The first-order valence-electron chi connectivity index (χ1n) is 6.07. The third kappa shape index (κ3) is 2.40. The molecule has 0 bridgehead atoms. The average Bonchev–Trinajstić information content (AvgIpc) is 2.47. The zero-order valence-electron chi connectivity index (χ0n) is 10.4. The fourth-order valence-electron chi connectivity index (χ4n) is 2.19. The Morgan fingerprint density at radius 1 is 1.25 bits per heavy atom. The molecular weight excluding hydrogens is 295 g/mol. The summed E-state index contributed by atoms with van der Waals surface area (Å²) < 4.78 is 5.94. The molecule has 2 aromatic carbocycles. The normalized spacial score (nSPS) is 16.6. The number of nitrogens with one attached hydrogen (secondary N) is 1. The van der Waals surface area contributed by atoms with Crippen LogP contribution in [0.4, 0.5) is 5.69 Å². The quantitative estimate of drug-likeness (QED) is 0.848. The Kier molecular flexibility index (Phi) is 3.43. The van der Waals surface area contributed by atoms with Crippen LogP contribution >= 0.6 is 23.2 Å². The number of nitriles is 1. The molecule has 2 aromatic rings. The second-order valence-corrected chi connectivity index (χ2v) is 5.33. The lowest BCUT2D eigenvalue weighted by Gasteiger charge is -2.28. The Morgan fingerprint density at radius 3 is 2.90 bits per heavy atom. The number of ether oxygens (including phenoxy) is 1. The van der Waals surface area contributed by atoms with E-state index in [9.17, 15) is 0 Å². The van der Waals surface area contributed by atoms with Gasteiger partial charge in [-0.25, -0.2) is 0 Å². The largest absolute Gasteiger partial charge is 0.480 e. The van der Waals surface area contributed by atoms with Crippen molar-refractivity contribution in [3.63, 3.8) is 0 Å². The summed E-state index contributed by atoms with van der Waals surface area (Å²) >= 11 is 12.1. The molecule has 0 aromatic heterocycles. The second kappa shape index (κ2) is 5.24. The number of anilines is 1. The molecule has 1 N–H and O–H groups in total. The van der Waals surface area contributed by atoms with Gasteiger partial charge in [0.25, 0.3) is 0 Å². The van der Waals surface area contributed by atoms with E-state index in [0.717, 1.165) is 11.3 Å². The van der Waals surface area contributed by atoms with Crippen molar-refractivity contribution in [1.82, 2.24) is 0 Å². The SMILES string of the molecule is N#Cc1cccc(C2CNc3cc(Cl)cc(Cl)c3O2)c1. The Balaban J connectivity index is 1.94. The van der Waals surface area contributed by atoms with E-state index < -0.39 is 0 Å². The second-order valence-electron chi connectivity index (χ2n) is 4.49. The molecule has 1 aliphatic heterocycles. The number of hydrogen-bond acceptors (Lipinski definition) is 3. The van der Waals surface area contributed by atoms with Crippen molar-refractivity contribution in [3.8, 4) is 11.8 Å². The van der Waals surface area contributed by atoms with Gasteiger partial charge in [0.15, 0.2) is 5.75 Å². The van der Waals surface area contributed by atoms with Crippen LogP contribution in [0.5, 0.6) is 5.75 Å². The Morgan fingerprint density at radius 2 is 2.10 bits per heavy atom. The Bertz CT molecular complexity index is 710. The van der Waals surface area contributed by atoms with E-state index in [4.69, 9.17) is 33.2 Å². The van der Waals surface area contributed by atoms with Gasteiger partial charge in [0, 0.05) is 5.02 Å². The third-order valence-electron chi connectivity index (χ3n) is 3.13. The molecule has 1 heterocycles. The van der Waals surface area contributed by atoms with Crippen LogP contribution in [0.3, 0.4) is 0 Å².